The lowest BCUT2D eigenvalue weighted by Gasteiger charge is -2.27. The molecule has 0 spiro atoms. The van der Waals surface area contributed by atoms with Crippen LogP contribution in [0.15, 0.2) is 30.3 Å². The van der Waals surface area contributed by atoms with Crippen LogP contribution in [0.3, 0.4) is 0 Å². The molecule has 0 aliphatic heterocycles. The van der Waals surface area contributed by atoms with Gasteiger partial charge in [0.2, 0.25) is 5.91 Å². The smallest absolute Gasteiger partial charge is 0.326 e. The van der Waals surface area contributed by atoms with E-state index in [2.05, 4.69) is 5.32 Å². The fraction of sp³-hybridized carbons (Fsp3) is 0.375. The van der Waals surface area contributed by atoms with Crippen molar-refractivity contribution in [1.82, 2.24) is 5.32 Å². The molecule has 114 valence electrons. The Balaban J connectivity index is 2.57. The highest BCUT2D eigenvalue weighted by molar-refractivity contribution is 5.85. The van der Waals surface area contributed by atoms with E-state index in [1.54, 1.807) is 45.1 Å². The highest BCUT2D eigenvalue weighted by Crippen LogP contribution is 2.19. The van der Waals surface area contributed by atoms with E-state index in [0.717, 1.165) is 5.56 Å². The van der Waals surface area contributed by atoms with Crippen LogP contribution in [-0.2, 0) is 9.59 Å². The Bertz CT molecular complexity index is 529. The second-order valence-corrected chi connectivity index (χ2v) is 5.86. The predicted octanol–water partition coefficient (Wildman–Crippen LogP) is 2.84. The molecule has 1 aromatic carbocycles. The van der Waals surface area contributed by atoms with Gasteiger partial charge in [-0.3, -0.25) is 4.79 Å². The Morgan fingerprint density at radius 3 is 2.33 bits per heavy atom. The molecule has 0 aromatic heterocycles. The fourth-order valence-corrected chi connectivity index (χ4v) is 1.74. The number of hydrogen-bond donors (Lipinski definition) is 2. The first kappa shape index (κ1) is 16.9. The first-order chi connectivity index (χ1) is 9.70. The van der Waals surface area contributed by atoms with Crippen LogP contribution in [0.4, 0.5) is 4.39 Å². The average molecular weight is 293 g/mol. The van der Waals surface area contributed by atoms with Gasteiger partial charge in [-0.05, 0) is 23.1 Å². The molecule has 0 aliphatic carbocycles. The third-order valence-electron chi connectivity index (χ3n) is 2.90. The number of nitrogens with one attached hydrogen (secondary N) is 1. The van der Waals surface area contributed by atoms with Gasteiger partial charge in [0.25, 0.3) is 0 Å². The Morgan fingerprint density at radius 2 is 1.86 bits per heavy atom. The molecule has 0 bridgehead atoms. The first-order valence-electron chi connectivity index (χ1n) is 6.64. The quantitative estimate of drug-likeness (QED) is 0.877. The third-order valence-corrected chi connectivity index (χ3v) is 2.90. The van der Waals surface area contributed by atoms with Gasteiger partial charge < -0.3 is 10.4 Å². The van der Waals surface area contributed by atoms with Crippen LogP contribution in [0.1, 0.15) is 32.8 Å². The predicted molar refractivity (Wildman–Crippen MR) is 79.1 cm³/mol. The highest BCUT2D eigenvalue weighted by Gasteiger charge is 2.32. The van der Waals surface area contributed by atoms with E-state index >= 15 is 0 Å². The lowest BCUT2D eigenvalue weighted by Crippen LogP contribution is -2.48. The molecule has 2 N–H and O–H groups in total. The molecule has 0 heterocycles. The van der Waals surface area contributed by atoms with Crippen molar-refractivity contribution in [2.45, 2.75) is 33.2 Å². The number of carbonyl (C=O) groups is 2. The maximum Gasteiger partial charge on any atom is 0.326 e. The summed E-state index contributed by atoms with van der Waals surface area (Å²) in [6.45, 7) is 5.25. The lowest BCUT2D eigenvalue weighted by atomic mass is 9.86. The summed E-state index contributed by atoms with van der Waals surface area (Å²) in [5.74, 6) is -1.74. The zero-order valence-electron chi connectivity index (χ0n) is 12.4. The van der Waals surface area contributed by atoms with Crippen LogP contribution < -0.4 is 5.32 Å². The summed E-state index contributed by atoms with van der Waals surface area (Å²) in [5, 5.41) is 11.6. The standard InChI is InChI=1S/C16H20FNO3/c1-16(2,3)14(15(20)21)18-13(19)6-4-5-11-7-9-12(17)10-8-11/h4-5,7-10,14H,6H2,1-3H3,(H,18,19)(H,20,21)/b5-4+/t14-/m1/s1. The van der Waals surface area contributed by atoms with Crippen molar-refractivity contribution in [2.24, 2.45) is 5.41 Å². The van der Waals surface area contributed by atoms with E-state index in [4.69, 9.17) is 5.11 Å². The number of hydrogen-bond acceptors (Lipinski definition) is 2. The van der Waals surface area contributed by atoms with Gasteiger partial charge in [-0.2, -0.15) is 0 Å². The maximum atomic E-state index is 12.7. The summed E-state index contributed by atoms with van der Waals surface area (Å²) in [6.07, 6.45) is 3.37. The second-order valence-electron chi connectivity index (χ2n) is 5.86. The molecular formula is C16H20FNO3. The molecule has 5 heteroatoms. The van der Waals surface area contributed by atoms with Crippen molar-refractivity contribution in [2.75, 3.05) is 0 Å². The third kappa shape index (κ3) is 5.77. The van der Waals surface area contributed by atoms with Gasteiger partial charge in [-0.1, -0.05) is 45.1 Å². The minimum atomic E-state index is -1.06. The lowest BCUT2D eigenvalue weighted by molar-refractivity contribution is -0.144. The van der Waals surface area contributed by atoms with Crippen molar-refractivity contribution >= 4 is 18.0 Å². The largest absolute Gasteiger partial charge is 0.480 e. The number of carbonyl (C=O) groups excluding carboxylic acids is 1. The van der Waals surface area contributed by atoms with Crippen LogP contribution >= 0.6 is 0 Å². The molecule has 0 saturated carbocycles. The number of carboxylic acids is 1. The molecule has 1 atom stereocenters. The minimum Gasteiger partial charge on any atom is -0.480 e. The SMILES string of the molecule is CC(C)(C)[C@H](NC(=O)C/C=C/c1ccc(F)cc1)C(=O)O. The van der Waals surface area contributed by atoms with Crippen molar-refractivity contribution in [3.05, 3.63) is 41.7 Å². The molecule has 21 heavy (non-hydrogen) atoms. The Morgan fingerprint density at radius 1 is 1.29 bits per heavy atom. The molecule has 0 radical (unpaired) electrons. The number of aliphatic carboxylic acids is 1. The molecule has 4 nitrogen and oxygen atoms in total. The van der Waals surface area contributed by atoms with Crippen LogP contribution in [0.25, 0.3) is 6.08 Å². The van der Waals surface area contributed by atoms with Gasteiger partial charge in [0, 0.05) is 6.42 Å². The summed E-state index contributed by atoms with van der Waals surface area (Å²) in [6, 6.07) is 4.92. The van der Waals surface area contributed by atoms with E-state index in [9.17, 15) is 14.0 Å². The van der Waals surface area contributed by atoms with Crippen LogP contribution in [0.2, 0.25) is 0 Å². The molecule has 0 fully saturated rings. The summed E-state index contributed by atoms with van der Waals surface area (Å²) >= 11 is 0. The second kappa shape index (κ2) is 7.02. The Kier molecular flexibility index (Phi) is 5.64. The topological polar surface area (TPSA) is 66.4 Å². The van der Waals surface area contributed by atoms with Crippen molar-refractivity contribution < 1.29 is 19.1 Å². The molecular weight excluding hydrogens is 273 g/mol. The Labute approximate surface area is 123 Å². The molecule has 1 rings (SSSR count). The number of rotatable bonds is 5. The maximum absolute atomic E-state index is 12.7. The van der Waals surface area contributed by atoms with E-state index in [1.165, 1.54) is 12.1 Å². The normalized spacial score (nSPS) is 13.1. The van der Waals surface area contributed by atoms with Crippen LogP contribution in [0, 0.1) is 11.2 Å². The van der Waals surface area contributed by atoms with E-state index in [1.807, 2.05) is 0 Å². The minimum absolute atomic E-state index is 0.0667. The van der Waals surface area contributed by atoms with Gasteiger partial charge in [0.05, 0.1) is 0 Å². The summed E-state index contributed by atoms with van der Waals surface area (Å²) in [5.41, 5.74) is 0.206. The molecule has 0 unspecified atom stereocenters. The van der Waals surface area contributed by atoms with E-state index in [0.29, 0.717) is 0 Å². The van der Waals surface area contributed by atoms with E-state index in [-0.39, 0.29) is 18.1 Å². The van der Waals surface area contributed by atoms with Crippen molar-refractivity contribution in [3.8, 4) is 0 Å². The van der Waals surface area contributed by atoms with Gasteiger partial charge >= 0.3 is 5.97 Å². The van der Waals surface area contributed by atoms with Gasteiger partial charge in [-0.15, -0.1) is 0 Å². The number of halogens is 1. The first-order valence-corrected chi connectivity index (χ1v) is 6.64. The molecule has 1 aromatic rings. The average Bonchev–Trinajstić information content (AvgIpc) is 2.36. The summed E-state index contributed by atoms with van der Waals surface area (Å²) in [7, 11) is 0. The fourth-order valence-electron chi connectivity index (χ4n) is 1.74. The monoisotopic (exact) mass is 293 g/mol. The van der Waals surface area contributed by atoms with Gasteiger partial charge in [-0.25, -0.2) is 9.18 Å². The number of amides is 1. The van der Waals surface area contributed by atoms with E-state index < -0.39 is 17.4 Å². The molecule has 0 saturated heterocycles. The van der Waals surface area contributed by atoms with Crippen LogP contribution in [-0.4, -0.2) is 23.0 Å². The van der Waals surface area contributed by atoms with Crippen LogP contribution in [0.5, 0.6) is 0 Å². The zero-order chi connectivity index (χ0) is 16.0. The summed E-state index contributed by atoms with van der Waals surface area (Å²) in [4.78, 5) is 22.9. The Hall–Kier alpha value is -2.17. The zero-order valence-corrected chi connectivity index (χ0v) is 12.4. The molecule has 1 amide bonds. The summed E-state index contributed by atoms with van der Waals surface area (Å²) < 4.78 is 12.7. The highest BCUT2D eigenvalue weighted by atomic mass is 19.1. The molecule has 0 aliphatic rings. The van der Waals surface area contributed by atoms with Crippen molar-refractivity contribution in [1.29, 1.82) is 0 Å². The van der Waals surface area contributed by atoms with Gasteiger partial charge in [0.1, 0.15) is 11.9 Å². The van der Waals surface area contributed by atoms with Gasteiger partial charge in [0.15, 0.2) is 0 Å². The number of carboxylic acid groups (broad SMARTS) is 1. The number of benzene rings is 1. The van der Waals surface area contributed by atoms with Crippen molar-refractivity contribution in [3.63, 3.8) is 0 Å².